The lowest BCUT2D eigenvalue weighted by Crippen LogP contribution is -2.29. The lowest BCUT2D eigenvalue weighted by Gasteiger charge is -2.20. The Hall–Kier alpha value is -2.14. The Morgan fingerprint density at radius 3 is 2.19 bits per heavy atom. The molecule has 2 rings (SSSR count). The van der Waals surface area contributed by atoms with Crippen molar-refractivity contribution in [3.63, 3.8) is 0 Å². The van der Waals surface area contributed by atoms with Gasteiger partial charge in [-0.25, -0.2) is 0 Å². The van der Waals surface area contributed by atoms with E-state index in [0.29, 0.717) is 18.7 Å². The first kappa shape index (κ1) is 21.2. The molecule has 0 bridgehead atoms. The van der Waals surface area contributed by atoms with E-state index in [1.54, 1.807) is 30.3 Å². The summed E-state index contributed by atoms with van der Waals surface area (Å²) in [6.07, 6.45) is 3.10. The van der Waals surface area contributed by atoms with Crippen LogP contribution in [0.5, 0.6) is 0 Å². The van der Waals surface area contributed by atoms with Crippen molar-refractivity contribution in [3.05, 3.63) is 56.8 Å². The molecule has 146 valence electrons. The summed E-state index contributed by atoms with van der Waals surface area (Å²) in [5, 5.41) is 0. The zero-order chi connectivity index (χ0) is 20.0. The topological polar surface area (TPSA) is 40.6 Å². The van der Waals surface area contributed by atoms with Gasteiger partial charge in [0.05, 0.1) is 4.88 Å². The van der Waals surface area contributed by atoms with E-state index in [9.17, 15) is 9.59 Å². The zero-order valence-corrected chi connectivity index (χ0v) is 17.9. The zero-order valence-electron chi connectivity index (χ0n) is 17.0. The van der Waals surface area contributed by atoms with Gasteiger partial charge < -0.3 is 9.80 Å². The van der Waals surface area contributed by atoms with E-state index >= 15 is 0 Å². The molecule has 0 radical (unpaired) electrons. The highest BCUT2D eigenvalue weighted by Crippen LogP contribution is 2.26. The number of nitrogens with zero attached hydrogens (tertiary/aromatic N) is 2. The van der Waals surface area contributed by atoms with Gasteiger partial charge in [0.1, 0.15) is 0 Å². The number of carbonyl (C=O) groups excluding carboxylic acids is 2. The van der Waals surface area contributed by atoms with Crippen LogP contribution in [0.4, 0.5) is 0 Å². The summed E-state index contributed by atoms with van der Waals surface area (Å²) in [5.41, 5.74) is 2.99. The van der Waals surface area contributed by atoms with Crippen LogP contribution >= 0.6 is 11.3 Å². The van der Waals surface area contributed by atoms with Gasteiger partial charge in [-0.15, -0.1) is 11.3 Å². The molecule has 0 aliphatic rings. The number of rotatable bonds is 8. The molecule has 0 aliphatic carbocycles. The number of hydrogen-bond acceptors (Lipinski definition) is 3. The summed E-state index contributed by atoms with van der Waals surface area (Å²) in [4.78, 5) is 30.6. The van der Waals surface area contributed by atoms with Gasteiger partial charge in [0.25, 0.3) is 11.8 Å². The Kier molecular flexibility index (Phi) is 7.60. The van der Waals surface area contributed by atoms with Crippen molar-refractivity contribution in [2.24, 2.45) is 0 Å². The van der Waals surface area contributed by atoms with E-state index < -0.39 is 0 Å². The predicted octanol–water partition coefficient (Wildman–Crippen LogP) is 4.63. The molecular weight excluding hydrogens is 356 g/mol. The number of aryl methyl sites for hydroxylation is 2. The number of thiophene rings is 1. The average molecular weight is 387 g/mol. The van der Waals surface area contributed by atoms with E-state index in [2.05, 4.69) is 19.9 Å². The number of benzene rings is 1. The fourth-order valence-corrected chi connectivity index (χ4v) is 4.35. The van der Waals surface area contributed by atoms with E-state index in [0.717, 1.165) is 29.7 Å². The maximum absolute atomic E-state index is 13.0. The number of amides is 2. The SMILES string of the molecule is CCCc1sc(C(=O)N(CC)Cc2ccc(C(=O)N(C)C)cc2)cc1CC. The van der Waals surface area contributed by atoms with E-state index in [1.807, 2.05) is 36.1 Å². The first-order chi connectivity index (χ1) is 12.9. The van der Waals surface area contributed by atoms with Crippen LogP contribution in [0, 0.1) is 0 Å². The first-order valence-corrected chi connectivity index (χ1v) is 10.4. The highest BCUT2D eigenvalue weighted by molar-refractivity contribution is 7.14. The summed E-state index contributed by atoms with van der Waals surface area (Å²) in [5.74, 6) is 0.0760. The van der Waals surface area contributed by atoms with E-state index in [4.69, 9.17) is 0 Å². The normalized spacial score (nSPS) is 10.7. The van der Waals surface area contributed by atoms with Crippen LogP contribution in [0.15, 0.2) is 30.3 Å². The monoisotopic (exact) mass is 386 g/mol. The standard InChI is InChI=1S/C22H30N2O2S/c1-6-9-19-17(7-2)14-20(27-19)22(26)24(8-3)15-16-10-12-18(13-11-16)21(25)23(4)5/h10-14H,6-9,15H2,1-5H3. The summed E-state index contributed by atoms with van der Waals surface area (Å²) < 4.78 is 0. The van der Waals surface area contributed by atoms with Gasteiger partial charge >= 0.3 is 0 Å². The van der Waals surface area contributed by atoms with Gasteiger partial charge in [0, 0.05) is 37.6 Å². The largest absolute Gasteiger partial charge is 0.345 e. The second-order valence-electron chi connectivity index (χ2n) is 6.88. The third-order valence-corrected chi connectivity index (χ3v) is 5.84. The third kappa shape index (κ3) is 5.19. The van der Waals surface area contributed by atoms with Crippen molar-refractivity contribution in [2.45, 2.75) is 46.6 Å². The predicted molar refractivity (Wildman–Crippen MR) is 113 cm³/mol. The summed E-state index contributed by atoms with van der Waals surface area (Å²) >= 11 is 1.64. The fourth-order valence-electron chi connectivity index (χ4n) is 3.02. The van der Waals surface area contributed by atoms with Gasteiger partial charge in [-0.2, -0.15) is 0 Å². The molecule has 0 N–H and O–H groups in total. The minimum Gasteiger partial charge on any atom is -0.345 e. The van der Waals surface area contributed by atoms with Crippen molar-refractivity contribution in [1.29, 1.82) is 0 Å². The van der Waals surface area contributed by atoms with Crippen LogP contribution in [0.25, 0.3) is 0 Å². The molecule has 0 spiro atoms. The molecule has 1 aromatic heterocycles. The molecule has 0 saturated heterocycles. The smallest absolute Gasteiger partial charge is 0.264 e. The second kappa shape index (κ2) is 9.70. The van der Waals surface area contributed by atoms with Crippen LogP contribution < -0.4 is 0 Å². The van der Waals surface area contributed by atoms with Gasteiger partial charge in [0.15, 0.2) is 0 Å². The Labute approximate surface area is 166 Å². The Balaban J connectivity index is 2.14. The lowest BCUT2D eigenvalue weighted by atomic mass is 10.1. The molecule has 2 aromatic rings. The van der Waals surface area contributed by atoms with E-state index in [-0.39, 0.29) is 11.8 Å². The summed E-state index contributed by atoms with van der Waals surface area (Å²) in [7, 11) is 3.48. The third-order valence-electron chi connectivity index (χ3n) is 4.61. The minimum atomic E-state index is -0.0147. The van der Waals surface area contributed by atoms with Crippen LogP contribution in [0.3, 0.4) is 0 Å². The maximum Gasteiger partial charge on any atom is 0.264 e. The molecule has 2 amide bonds. The molecule has 0 saturated carbocycles. The van der Waals surface area contributed by atoms with Gasteiger partial charge in [-0.05, 0) is 49.1 Å². The molecule has 1 aromatic carbocycles. The van der Waals surface area contributed by atoms with Crippen molar-refractivity contribution in [2.75, 3.05) is 20.6 Å². The van der Waals surface area contributed by atoms with E-state index in [1.165, 1.54) is 10.4 Å². The second-order valence-corrected chi connectivity index (χ2v) is 8.02. The number of carbonyl (C=O) groups is 2. The molecule has 5 heteroatoms. The van der Waals surface area contributed by atoms with Crippen molar-refractivity contribution >= 4 is 23.2 Å². The van der Waals surface area contributed by atoms with Crippen LogP contribution in [-0.2, 0) is 19.4 Å². The average Bonchev–Trinajstić information content (AvgIpc) is 3.08. The van der Waals surface area contributed by atoms with Crippen LogP contribution in [0.1, 0.15) is 63.2 Å². The molecule has 27 heavy (non-hydrogen) atoms. The van der Waals surface area contributed by atoms with Crippen molar-refractivity contribution in [3.8, 4) is 0 Å². The summed E-state index contributed by atoms with van der Waals surface area (Å²) in [6.45, 7) is 7.52. The van der Waals surface area contributed by atoms with Crippen LogP contribution in [0.2, 0.25) is 0 Å². The Morgan fingerprint density at radius 1 is 1.00 bits per heavy atom. The highest BCUT2D eigenvalue weighted by Gasteiger charge is 2.19. The van der Waals surface area contributed by atoms with Crippen molar-refractivity contribution in [1.82, 2.24) is 9.80 Å². The molecule has 0 aliphatic heterocycles. The summed E-state index contributed by atoms with van der Waals surface area (Å²) in [6, 6.07) is 9.59. The molecule has 0 fully saturated rings. The molecule has 1 heterocycles. The molecule has 0 atom stereocenters. The first-order valence-electron chi connectivity index (χ1n) is 9.62. The maximum atomic E-state index is 13.0. The van der Waals surface area contributed by atoms with Gasteiger partial charge in [-0.1, -0.05) is 32.4 Å². The van der Waals surface area contributed by atoms with Gasteiger partial charge in [0.2, 0.25) is 0 Å². The van der Waals surface area contributed by atoms with Crippen LogP contribution in [-0.4, -0.2) is 42.3 Å². The Bertz CT molecular complexity index is 778. The minimum absolute atomic E-state index is 0.0147. The molecular formula is C22H30N2O2S. The molecule has 4 nitrogen and oxygen atoms in total. The molecule has 0 unspecified atom stereocenters. The van der Waals surface area contributed by atoms with Gasteiger partial charge in [-0.3, -0.25) is 9.59 Å². The Morgan fingerprint density at radius 2 is 1.67 bits per heavy atom. The number of hydrogen-bond donors (Lipinski definition) is 0. The highest BCUT2D eigenvalue weighted by atomic mass is 32.1. The quantitative estimate of drug-likeness (QED) is 0.664. The fraction of sp³-hybridized carbons (Fsp3) is 0.455. The lowest BCUT2D eigenvalue weighted by molar-refractivity contribution is 0.0756. The van der Waals surface area contributed by atoms with Crippen molar-refractivity contribution < 1.29 is 9.59 Å².